The summed E-state index contributed by atoms with van der Waals surface area (Å²) in [6, 6.07) is 0.475. The van der Waals surface area contributed by atoms with Crippen molar-refractivity contribution < 1.29 is 14.3 Å². The van der Waals surface area contributed by atoms with Gasteiger partial charge in [-0.1, -0.05) is 0 Å². The van der Waals surface area contributed by atoms with Gasteiger partial charge in [0.15, 0.2) is 0 Å². The summed E-state index contributed by atoms with van der Waals surface area (Å²) in [7, 11) is 1.41. The molecular formula is C12H22N2O3. The summed E-state index contributed by atoms with van der Waals surface area (Å²) in [5, 5.41) is 3.41. The molecule has 0 bridgehead atoms. The monoisotopic (exact) mass is 242 g/mol. The van der Waals surface area contributed by atoms with Gasteiger partial charge in [-0.25, -0.2) is 0 Å². The lowest BCUT2D eigenvalue weighted by Crippen LogP contribution is -2.44. The minimum atomic E-state index is -0.154. The molecule has 0 unspecified atom stereocenters. The molecule has 1 aliphatic heterocycles. The second-order valence-corrected chi connectivity index (χ2v) is 4.41. The van der Waals surface area contributed by atoms with Gasteiger partial charge in [0.2, 0.25) is 5.91 Å². The highest BCUT2D eigenvalue weighted by Crippen LogP contribution is 2.10. The number of nitrogens with zero attached hydrogens (tertiary/aromatic N) is 1. The number of rotatable bonds is 5. The number of methoxy groups -OCH3 is 1. The van der Waals surface area contributed by atoms with Crippen LogP contribution < -0.4 is 5.32 Å². The third-order valence-electron chi connectivity index (χ3n) is 3.16. The maximum Gasteiger partial charge on any atom is 0.305 e. The Morgan fingerprint density at radius 2 is 2.00 bits per heavy atom. The van der Waals surface area contributed by atoms with E-state index in [0.717, 1.165) is 38.9 Å². The predicted octanol–water partition coefficient (Wildman–Crippen LogP) is 0.540. The zero-order valence-corrected chi connectivity index (χ0v) is 10.7. The van der Waals surface area contributed by atoms with Crippen LogP contribution in [-0.4, -0.2) is 49.6 Å². The van der Waals surface area contributed by atoms with Gasteiger partial charge in [-0.05, 0) is 25.8 Å². The van der Waals surface area contributed by atoms with Crippen LogP contribution in [-0.2, 0) is 14.3 Å². The Labute approximate surface area is 102 Å². The van der Waals surface area contributed by atoms with Crippen molar-refractivity contribution in [3.05, 3.63) is 0 Å². The van der Waals surface area contributed by atoms with E-state index in [4.69, 9.17) is 0 Å². The topological polar surface area (TPSA) is 58.6 Å². The molecule has 0 spiro atoms. The van der Waals surface area contributed by atoms with Crippen molar-refractivity contribution in [1.29, 1.82) is 0 Å². The first-order valence-electron chi connectivity index (χ1n) is 6.19. The van der Waals surface area contributed by atoms with Crippen LogP contribution in [0.1, 0.15) is 32.6 Å². The van der Waals surface area contributed by atoms with Crippen molar-refractivity contribution in [2.24, 2.45) is 0 Å². The van der Waals surface area contributed by atoms with E-state index in [1.54, 1.807) is 6.92 Å². The summed E-state index contributed by atoms with van der Waals surface area (Å²) in [5.74, 6) is 0.00680. The lowest BCUT2D eigenvalue weighted by molar-refractivity contribution is -0.140. The molecule has 17 heavy (non-hydrogen) atoms. The maximum absolute atomic E-state index is 11.1. The van der Waals surface area contributed by atoms with E-state index in [0.29, 0.717) is 12.5 Å². The maximum atomic E-state index is 11.1. The Kier molecular flexibility index (Phi) is 5.97. The van der Waals surface area contributed by atoms with Crippen LogP contribution in [0.15, 0.2) is 0 Å². The van der Waals surface area contributed by atoms with Gasteiger partial charge in [0, 0.05) is 32.5 Å². The average Bonchev–Trinajstić information content (AvgIpc) is 2.34. The number of carbonyl (C=O) groups excluding carboxylic acids is 2. The fraction of sp³-hybridized carbons (Fsp3) is 0.833. The fourth-order valence-corrected chi connectivity index (χ4v) is 2.04. The highest BCUT2D eigenvalue weighted by Gasteiger charge is 2.19. The summed E-state index contributed by atoms with van der Waals surface area (Å²) in [6.07, 6.45) is 3.27. The molecule has 1 rings (SSSR count). The highest BCUT2D eigenvalue weighted by molar-refractivity contribution is 5.73. The number of piperidine rings is 1. The molecule has 5 heteroatoms. The van der Waals surface area contributed by atoms with Crippen molar-refractivity contribution in [3.63, 3.8) is 0 Å². The standard InChI is InChI=1S/C12H22N2O3/c1-10(15)14-8-5-11(6-9-14)13-7-3-4-12(16)17-2/h11,13H,3-9H2,1-2H3. The molecule has 1 amide bonds. The van der Waals surface area contributed by atoms with Gasteiger partial charge in [0.25, 0.3) is 0 Å². The molecule has 1 fully saturated rings. The summed E-state index contributed by atoms with van der Waals surface area (Å²) in [6.45, 7) is 4.12. The van der Waals surface area contributed by atoms with Crippen molar-refractivity contribution in [3.8, 4) is 0 Å². The van der Waals surface area contributed by atoms with Crippen molar-refractivity contribution in [2.45, 2.75) is 38.6 Å². The van der Waals surface area contributed by atoms with Gasteiger partial charge in [-0.2, -0.15) is 0 Å². The molecule has 0 atom stereocenters. The molecule has 0 aromatic rings. The molecule has 0 aromatic carbocycles. The number of likely N-dealkylation sites (tertiary alicyclic amines) is 1. The quantitative estimate of drug-likeness (QED) is 0.564. The van der Waals surface area contributed by atoms with Gasteiger partial charge in [-0.15, -0.1) is 0 Å². The van der Waals surface area contributed by atoms with Crippen LogP contribution in [0.5, 0.6) is 0 Å². The third-order valence-corrected chi connectivity index (χ3v) is 3.16. The van der Waals surface area contributed by atoms with Crippen LogP contribution in [0.4, 0.5) is 0 Å². The second kappa shape index (κ2) is 7.27. The summed E-state index contributed by atoms with van der Waals surface area (Å²) in [4.78, 5) is 23.9. The zero-order chi connectivity index (χ0) is 12.7. The number of hydrogen-bond acceptors (Lipinski definition) is 4. The smallest absolute Gasteiger partial charge is 0.305 e. The van der Waals surface area contributed by atoms with Gasteiger partial charge < -0.3 is 15.0 Å². The molecule has 0 aromatic heterocycles. The van der Waals surface area contributed by atoms with Crippen LogP contribution in [0, 0.1) is 0 Å². The summed E-state index contributed by atoms with van der Waals surface area (Å²) >= 11 is 0. The van der Waals surface area contributed by atoms with Crippen molar-refractivity contribution in [2.75, 3.05) is 26.7 Å². The number of nitrogens with one attached hydrogen (secondary N) is 1. The molecule has 1 aliphatic rings. The Bertz CT molecular complexity index is 260. The first kappa shape index (κ1) is 14.0. The van der Waals surface area contributed by atoms with Gasteiger partial charge >= 0.3 is 5.97 Å². The van der Waals surface area contributed by atoms with Crippen LogP contribution in [0.3, 0.4) is 0 Å². The van der Waals surface area contributed by atoms with E-state index in [-0.39, 0.29) is 11.9 Å². The minimum absolute atomic E-state index is 0.154. The number of hydrogen-bond donors (Lipinski definition) is 1. The molecule has 1 heterocycles. The Morgan fingerprint density at radius 1 is 1.35 bits per heavy atom. The number of ether oxygens (including phenoxy) is 1. The Balaban J connectivity index is 2.06. The Morgan fingerprint density at radius 3 is 2.53 bits per heavy atom. The highest BCUT2D eigenvalue weighted by atomic mass is 16.5. The minimum Gasteiger partial charge on any atom is -0.469 e. The third kappa shape index (κ3) is 5.17. The first-order chi connectivity index (χ1) is 8.13. The summed E-state index contributed by atoms with van der Waals surface area (Å²) in [5.41, 5.74) is 0. The van der Waals surface area contributed by atoms with E-state index in [9.17, 15) is 9.59 Å². The second-order valence-electron chi connectivity index (χ2n) is 4.41. The zero-order valence-electron chi connectivity index (χ0n) is 10.7. The molecule has 98 valence electrons. The lowest BCUT2D eigenvalue weighted by Gasteiger charge is -2.31. The normalized spacial score (nSPS) is 16.9. The summed E-state index contributed by atoms with van der Waals surface area (Å²) < 4.78 is 4.57. The predicted molar refractivity (Wildman–Crippen MR) is 64.5 cm³/mol. The SMILES string of the molecule is COC(=O)CCCNC1CCN(C(C)=O)CC1. The van der Waals surface area contributed by atoms with E-state index in [1.165, 1.54) is 7.11 Å². The van der Waals surface area contributed by atoms with Crippen molar-refractivity contribution in [1.82, 2.24) is 10.2 Å². The number of amides is 1. The molecule has 0 saturated carbocycles. The molecule has 1 saturated heterocycles. The van der Waals surface area contributed by atoms with Crippen LogP contribution >= 0.6 is 0 Å². The molecule has 0 radical (unpaired) electrons. The average molecular weight is 242 g/mol. The number of carbonyl (C=O) groups is 2. The van der Waals surface area contributed by atoms with Crippen LogP contribution in [0.25, 0.3) is 0 Å². The van der Waals surface area contributed by atoms with Gasteiger partial charge in [-0.3, -0.25) is 9.59 Å². The van der Waals surface area contributed by atoms with E-state index in [2.05, 4.69) is 10.1 Å². The van der Waals surface area contributed by atoms with E-state index in [1.807, 2.05) is 4.90 Å². The molecular weight excluding hydrogens is 220 g/mol. The van der Waals surface area contributed by atoms with Gasteiger partial charge in [0.1, 0.15) is 0 Å². The number of esters is 1. The fourth-order valence-electron chi connectivity index (χ4n) is 2.04. The lowest BCUT2D eigenvalue weighted by atomic mass is 10.0. The van der Waals surface area contributed by atoms with E-state index >= 15 is 0 Å². The molecule has 1 N–H and O–H groups in total. The van der Waals surface area contributed by atoms with E-state index < -0.39 is 0 Å². The first-order valence-corrected chi connectivity index (χ1v) is 6.19. The van der Waals surface area contributed by atoms with Crippen LogP contribution in [0.2, 0.25) is 0 Å². The Hall–Kier alpha value is -1.10. The van der Waals surface area contributed by atoms with Crippen molar-refractivity contribution >= 4 is 11.9 Å². The largest absolute Gasteiger partial charge is 0.469 e. The van der Waals surface area contributed by atoms with Gasteiger partial charge in [0.05, 0.1) is 7.11 Å². The molecule has 5 nitrogen and oxygen atoms in total. The molecule has 0 aliphatic carbocycles.